The average Bonchev–Trinajstić information content (AvgIpc) is 2.54. The highest BCUT2D eigenvalue weighted by molar-refractivity contribution is 7.88. The average molecular weight is 377 g/mol. The summed E-state index contributed by atoms with van der Waals surface area (Å²) in [7, 11) is -2.18. The van der Waals surface area contributed by atoms with Crippen molar-refractivity contribution in [1.82, 2.24) is 4.31 Å². The summed E-state index contributed by atoms with van der Waals surface area (Å²) in [5, 5.41) is 0. The third kappa shape index (κ3) is 4.92. The van der Waals surface area contributed by atoms with E-state index < -0.39 is 16.0 Å². The molecular formula is C16H25ClN2O4S. The molecule has 1 saturated heterocycles. The maximum absolute atomic E-state index is 12.8. The molecule has 1 heterocycles. The standard InChI is InChI=1S/C16H24N2O4S.ClH/c1-12(17)15-8-3-4-9-18(15)23(20,21)11-13-6-5-7-14(10-13)16(19)22-2;/h5-7,10,12,15H,3-4,8-9,11,17H2,1-2H3;1H. The Morgan fingerprint density at radius 2 is 2.12 bits per heavy atom. The Morgan fingerprint density at radius 1 is 1.42 bits per heavy atom. The van der Waals surface area contributed by atoms with Gasteiger partial charge in [-0.3, -0.25) is 0 Å². The molecule has 0 bridgehead atoms. The summed E-state index contributed by atoms with van der Waals surface area (Å²) in [4.78, 5) is 11.6. The van der Waals surface area contributed by atoms with E-state index in [9.17, 15) is 13.2 Å². The number of carbonyl (C=O) groups is 1. The summed E-state index contributed by atoms with van der Waals surface area (Å²) in [6.45, 7) is 2.35. The summed E-state index contributed by atoms with van der Waals surface area (Å²) < 4.78 is 31.8. The molecule has 0 saturated carbocycles. The van der Waals surface area contributed by atoms with Crippen LogP contribution in [0.25, 0.3) is 0 Å². The number of ether oxygens (including phenoxy) is 1. The van der Waals surface area contributed by atoms with E-state index in [-0.39, 0.29) is 30.2 Å². The molecule has 0 amide bonds. The molecule has 6 nitrogen and oxygen atoms in total. The number of piperidine rings is 1. The fourth-order valence-corrected chi connectivity index (χ4v) is 4.88. The molecule has 1 fully saturated rings. The van der Waals surface area contributed by atoms with Crippen LogP contribution in [0.4, 0.5) is 0 Å². The molecule has 0 aromatic heterocycles. The van der Waals surface area contributed by atoms with Gasteiger partial charge in [-0.1, -0.05) is 18.6 Å². The van der Waals surface area contributed by atoms with E-state index in [2.05, 4.69) is 4.74 Å². The van der Waals surface area contributed by atoms with E-state index in [0.29, 0.717) is 17.7 Å². The minimum absolute atomic E-state index is 0. The number of benzene rings is 1. The van der Waals surface area contributed by atoms with E-state index in [1.807, 2.05) is 6.92 Å². The lowest BCUT2D eigenvalue weighted by Crippen LogP contribution is -2.51. The molecular weight excluding hydrogens is 352 g/mol. The second-order valence-corrected chi connectivity index (χ2v) is 7.90. The third-order valence-electron chi connectivity index (χ3n) is 4.16. The van der Waals surface area contributed by atoms with Gasteiger partial charge in [0.25, 0.3) is 0 Å². The summed E-state index contributed by atoms with van der Waals surface area (Å²) in [5.41, 5.74) is 6.88. The Kier molecular flexibility index (Phi) is 7.66. The number of methoxy groups -OCH3 is 1. The zero-order valence-electron chi connectivity index (χ0n) is 14.0. The molecule has 0 radical (unpaired) electrons. The lowest BCUT2D eigenvalue weighted by atomic mass is 10.00. The van der Waals surface area contributed by atoms with Crippen molar-refractivity contribution in [3.63, 3.8) is 0 Å². The van der Waals surface area contributed by atoms with Crippen molar-refractivity contribution in [1.29, 1.82) is 0 Å². The van der Waals surface area contributed by atoms with Gasteiger partial charge in [0.1, 0.15) is 0 Å². The largest absolute Gasteiger partial charge is 0.465 e. The molecule has 0 spiro atoms. The van der Waals surface area contributed by atoms with Crippen LogP contribution in [0, 0.1) is 0 Å². The van der Waals surface area contributed by atoms with Gasteiger partial charge in [0, 0.05) is 18.6 Å². The van der Waals surface area contributed by atoms with Crippen LogP contribution in [0.5, 0.6) is 0 Å². The maximum Gasteiger partial charge on any atom is 0.337 e. The summed E-state index contributed by atoms with van der Waals surface area (Å²) in [6, 6.07) is 6.18. The molecule has 1 aliphatic heterocycles. The predicted molar refractivity (Wildman–Crippen MR) is 95.6 cm³/mol. The Bertz CT molecular complexity index is 664. The molecule has 0 aliphatic carbocycles. The van der Waals surface area contributed by atoms with Crippen LogP contribution >= 0.6 is 12.4 Å². The number of hydrogen-bond acceptors (Lipinski definition) is 5. The first-order chi connectivity index (χ1) is 10.8. The molecule has 24 heavy (non-hydrogen) atoms. The lowest BCUT2D eigenvalue weighted by molar-refractivity contribution is 0.0600. The van der Waals surface area contributed by atoms with Crippen LogP contribution in [-0.2, 0) is 20.5 Å². The molecule has 2 atom stereocenters. The van der Waals surface area contributed by atoms with Crippen molar-refractivity contribution in [2.75, 3.05) is 13.7 Å². The summed E-state index contributed by atoms with van der Waals surface area (Å²) in [6.07, 6.45) is 2.64. The Morgan fingerprint density at radius 3 is 2.75 bits per heavy atom. The highest BCUT2D eigenvalue weighted by atomic mass is 35.5. The van der Waals surface area contributed by atoms with Crippen LogP contribution < -0.4 is 5.73 Å². The molecule has 2 unspecified atom stereocenters. The third-order valence-corrected chi connectivity index (χ3v) is 6.03. The molecule has 1 aliphatic rings. The number of halogens is 1. The number of carbonyl (C=O) groups excluding carboxylic acids is 1. The van der Waals surface area contributed by atoms with Crippen LogP contribution in [-0.4, -0.2) is 44.4 Å². The predicted octanol–water partition coefficient (Wildman–Crippen LogP) is 1.93. The highest BCUT2D eigenvalue weighted by Crippen LogP contribution is 2.24. The lowest BCUT2D eigenvalue weighted by Gasteiger charge is -2.37. The van der Waals surface area contributed by atoms with Gasteiger partial charge in [0.2, 0.25) is 10.0 Å². The summed E-state index contributed by atoms with van der Waals surface area (Å²) in [5.74, 6) is -0.614. The molecule has 2 N–H and O–H groups in total. The van der Waals surface area contributed by atoms with Crippen molar-refractivity contribution >= 4 is 28.4 Å². The quantitative estimate of drug-likeness (QED) is 0.793. The van der Waals surface area contributed by atoms with Gasteiger partial charge >= 0.3 is 5.97 Å². The van der Waals surface area contributed by atoms with E-state index >= 15 is 0 Å². The van der Waals surface area contributed by atoms with Crippen molar-refractivity contribution in [3.05, 3.63) is 35.4 Å². The maximum atomic E-state index is 12.8. The smallest absolute Gasteiger partial charge is 0.337 e. The SMILES string of the molecule is COC(=O)c1cccc(CS(=O)(=O)N2CCCCC2C(C)N)c1.Cl. The fourth-order valence-electron chi connectivity index (χ4n) is 3.00. The minimum atomic E-state index is -3.48. The number of rotatable bonds is 5. The fraction of sp³-hybridized carbons (Fsp3) is 0.562. The Labute approximate surface area is 149 Å². The van der Waals surface area contributed by atoms with Gasteiger partial charge in [-0.15, -0.1) is 12.4 Å². The molecule has 1 aromatic rings. The molecule has 8 heteroatoms. The van der Waals surface area contributed by atoms with Crippen LogP contribution in [0.15, 0.2) is 24.3 Å². The van der Waals surface area contributed by atoms with Gasteiger partial charge in [-0.2, -0.15) is 4.31 Å². The topological polar surface area (TPSA) is 89.7 Å². The Balaban J connectivity index is 0.00000288. The van der Waals surface area contributed by atoms with E-state index in [4.69, 9.17) is 5.73 Å². The number of sulfonamides is 1. The van der Waals surface area contributed by atoms with E-state index in [1.165, 1.54) is 11.4 Å². The van der Waals surface area contributed by atoms with Gasteiger partial charge in [-0.05, 0) is 37.5 Å². The van der Waals surface area contributed by atoms with Crippen LogP contribution in [0.2, 0.25) is 0 Å². The van der Waals surface area contributed by atoms with Crippen molar-refractivity contribution < 1.29 is 17.9 Å². The molecule has 2 rings (SSSR count). The molecule has 136 valence electrons. The zero-order valence-corrected chi connectivity index (χ0v) is 15.6. The first-order valence-corrected chi connectivity index (χ1v) is 9.38. The number of esters is 1. The second kappa shape index (κ2) is 8.80. The van der Waals surface area contributed by atoms with E-state index in [1.54, 1.807) is 24.3 Å². The highest BCUT2D eigenvalue weighted by Gasteiger charge is 2.34. The first-order valence-electron chi connectivity index (χ1n) is 7.77. The van der Waals surface area contributed by atoms with E-state index in [0.717, 1.165) is 19.3 Å². The number of nitrogens with two attached hydrogens (primary N) is 1. The normalized spacial score (nSPS) is 20.0. The summed E-state index contributed by atoms with van der Waals surface area (Å²) >= 11 is 0. The van der Waals surface area contributed by atoms with Gasteiger partial charge in [-0.25, -0.2) is 13.2 Å². The van der Waals surface area contributed by atoms with Gasteiger partial charge in [0.05, 0.1) is 18.4 Å². The molecule has 1 aromatic carbocycles. The van der Waals surface area contributed by atoms with Gasteiger partial charge in [0.15, 0.2) is 0 Å². The van der Waals surface area contributed by atoms with Crippen LogP contribution in [0.3, 0.4) is 0 Å². The minimum Gasteiger partial charge on any atom is -0.465 e. The van der Waals surface area contributed by atoms with Gasteiger partial charge < -0.3 is 10.5 Å². The van der Waals surface area contributed by atoms with Crippen molar-refractivity contribution in [3.8, 4) is 0 Å². The van der Waals surface area contributed by atoms with Crippen molar-refractivity contribution in [2.24, 2.45) is 5.73 Å². The van der Waals surface area contributed by atoms with Crippen LogP contribution in [0.1, 0.15) is 42.1 Å². The zero-order chi connectivity index (χ0) is 17.0. The Hall–Kier alpha value is -1.15. The number of nitrogens with zero attached hydrogens (tertiary/aromatic N) is 1. The monoisotopic (exact) mass is 376 g/mol. The first kappa shape index (κ1) is 20.9. The van der Waals surface area contributed by atoms with Crippen molar-refractivity contribution in [2.45, 2.75) is 44.0 Å². The second-order valence-electron chi connectivity index (χ2n) is 5.98. The number of hydrogen-bond donors (Lipinski definition) is 1.